The average molecular weight is 422 g/mol. The highest BCUT2D eigenvalue weighted by molar-refractivity contribution is 6.09. The predicted octanol–water partition coefficient (Wildman–Crippen LogP) is 5.97. The Morgan fingerprint density at radius 2 is 1.62 bits per heavy atom. The summed E-state index contributed by atoms with van der Waals surface area (Å²) < 4.78 is 5.67. The van der Waals surface area contributed by atoms with E-state index in [4.69, 9.17) is 4.74 Å². The number of carbonyl (C=O) groups is 1. The van der Waals surface area contributed by atoms with Crippen molar-refractivity contribution in [2.75, 3.05) is 7.11 Å². The van der Waals surface area contributed by atoms with Gasteiger partial charge in [0.15, 0.2) is 0 Å². The Kier molecular flexibility index (Phi) is 5.40. The number of benzene rings is 4. The van der Waals surface area contributed by atoms with E-state index in [-0.39, 0.29) is 11.9 Å². The Bertz CT molecular complexity index is 1270. The summed E-state index contributed by atoms with van der Waals surface area (Å²) in [5.41, 5.74) is 5.67. The van der Waals surface area contributed by atoms with Gasteiger partial charge in [-0.25, -0.2) is 0 Å². The molecule has 0 atom stereocenters. The van der Waals surface area contributed by atoms with Crippen molar-refractivity contribution in [2.24, 2.45) is 0 Å². The van der Waals surface area contributed by atoms with Gasteiger partial charge in [-0.05, 0) is 53.3 Å². The molecule has 0 unspecified atom stereocenters. The molecular formula is C29H27NO2. The van der Waals surface area contributed by atoms with Crippen LogP contribution in [0.25, 0.3) is 10.8 Å². The van der Waals surface area contributed by atoms with E-state index in [1.807, 2.05) is 36.4 Å². The van der Waals surface area contributed by atoms with Gasteiger partial charge in [0.1, 0.15) is 5.75 Å². The lowest BCUT2D eigenvalue weighted by atomic mass is 10.0. The molecule has 0 radical (unpaired) electrons. The minimum absolute atomic E-state index is 0.0259. The van der Waals surface area contributed by atoms with Crippen LogP contribution >= 0.6 is 0 Å². The first-order valence-corrected chi connectivity index (χ1v) is 11.1. The maximum Gasteiger partial charge on any atom is 0.258 e. The van der Waals surface area contributed by atoms with Crippen LogP contribution in [0.1, 0.15) is 32.6 Å². The number of nitrogens with zero attached hydrogens (tertiary/aromatic N) is 1. The van der Waals surface area contributed by atoms with Crippen LogP contribution in [0.2, 0.25) is 0 Å². The Labute approximate surface area is 189 Å². The van der Waals surface area contributed by atoms with Gasteiger partial charge in [0.2, 0.25) is 0 Å². The Morgan fingerprint density at radius 1 is 0.906 bits per heavy atom. The maximum absolute atomic E-state index is 14.2. The van der Waals surface area contributed by atoms with Crippen molar-refractivity contribution < 1.29 is 9.53 Å². The van der Waals surface area contributed by atoms with Crippen molar-refractivity contribution in [3.63, 3.8) is 0 Å². The lowest BCUT2D eigenvalue weighted by Gasteiger charge is -2.30. The van der Waals surface area contributed by atoms with Gasteiger partial charge in [-0.15, -0.1) is 0 Å². The topological polar surface area (TPSA) is 29.5 Å². The molecule has 32 heavy (non-hydrogen) atoms. The molecule has 1 aliphatic rings. The summed E-state index contributed by atoms with van der Waals surface area (Å²) in [6, 6.07) is 29.0. The number of amides is 1. The zero-order valence-corrected chi connectivity index (χ0v) is 18.5. The summed E-state index contributed by atoms with van der Waals surface area (Å²) >= 11 is 0. The smallest absolute Gasteiger partial charge is 0.258 e. The van der Waals surface area contributed by atoms with E-state index < -0.39 is 0 Å². The van der Waals surface area contributed by atoms with E-state index >= 15 is 0 Å². The van der Waals surface area contributed by atoms with Crippen LogP contribution in [0.3, 0.4) is 0 Å². The fourth-order valence-corrected chi connectivity index (χ4v) is 4.92. The number of hydrogen-bond donors (Lipinski definition) is 0. The van der Waals surface area contributed by atoms with Crippen LogP contribution in [0, 0.1) is 6.92 Å². The number of rotatable bonds is 5. The van der Waals surface area contributed by atoms with E-state index in [0.717, 1.165) is 29.2 Å². The summed E-state index contributed by atoms with van der Waals surface area (Å²) in [4.78, 5) is 16.3. The molecule has 0 bridgehead atoms. The highest BCUT2D eigenvalue weighted by Gasteiger charge is 2.32. The van der Waals surface area contributed by atoms with E-state index in [2.05, 4.69) is 60.4 Å². The fraction of sp³-hybridized carbons (Fsp3) is 0.207. The first kappa shape index (κ1) is 20.3. The number of hydrogen-bond acceptors (Lipinski definition) is 2. The second-order valence-electron chi connectivity index (χ2n) is 8.62. The Morgan fingerprint density at radius 3 is 2.34 bits per heavy atom. The van der Waals surface area contributed by atoms with Crippen LogP contribution in [0.15, 0.2) is 84.9 Å². The summed E-state index contributed by atoms with van der Waals surface area (Å²) in [5.74, 6) is 0.649. The maximum atomic E-state index is 14.2. The molecule has 0 spiro atoms. The molecule has 0 N–H and O–H groups in total. The van der Waals surface area contributed by atoms with Gasteiger partial charge in [0.25, 0.3) is 5.91 Å². The third-order valence-corrected chi connectivity index (χ3v) is 6.49. The Hall–Kier alpha value is -3.59. The largest absolute Gasteiger partial charge is 0.496 e. The van der Waals surface area contributed by atoms with Crippen molar-refractivity contribution in [1.29, 1.82) is 0 Å². The van der Waals surface area contributed by atoms with E-state index in [9.17, 15) is 4.79 Å². The number of ether oxygens (including phenoxy) is 1. The number of aryl methyl sites for hydroxylation is 1. The minimum atomic E-state index is 0.0259. The van der Waals surface area contributed by atoms with Crippen molar-refractivity contribution in [2.45, 2.75) is 32.4 Å². The molecule has 4 aromatic rings. The summed E-state index contributed by atoms with van der Waals surface area (Å²) in [5, 5.41) is 1.98. The molecule has 4 aromatic carbocycles. The van der Waals surface area contributed by atoms with Crippen LogP contribution in [-0.4, -0.2) is 24.0 Å². The molecule has 0 aromatic heterocycles. The average Bonchev–Trinajstić information content (AvgIpc) is 3.25. The second-order valence-corrected chi connectivity index (χ2v) is 8.62. The van der Waals surface area contributed by atoms with Crippen LogP contribution < -0.4 is 4.74 Å². The number of carbonyl (C=O) groups excluding carboxylic acids is 1. The van der Waals surface area contributed by atoms with Crippen molar-refractivity contribution in [3.05, 3.63) is 113 Å². The normalized spacial score (nSPS) is 13.2. The van der Waals surface area contributed by atoms with Gasteiger partial charge in [0, 0.05) is 12.6 Å². The molecule has 0 fully saturated rings. The SMILES string of the molecule is COc1ccc2ccccc2c1C(=O)N(Cc1cccc(C)c1)C1Cc2ccccc2C1. The molecule has 5 rings (SSSR count). The van der Waals surface area contributed by atoms with Crippen molar-refractivity contribution >= 4 is 16.7 Å². The molecular weight excluding hydrogens is 394 g/mol. The molecule has 0 saturated heterocycles. The molecule has 0 heterocycles. The van der Waals surface area contributed by atoms with Gasteiger partial charge in [0.05, 0.1) is 12.7 Å². The third kappa shape index (κ3) is 3.75. The van der Waals surface area contributed by atoms with Crippen LogP contribution in [0.4, 0.5) is 0 Å². The van der Waals surface area contributed by atoms with Crippen LogP contribution in [-0.2, 0) is 19.4 Å². The summed E-state index contributed by atoms with van der Waals surface area (Å²) in [6.07, 6.45) is 1.75. The van der Waals surface area contributed by atoms with E-state index in [1.54, 1.807) is 7.11 Å². The van der Waals surface area contributed by atoms with Gasteiger partial charge < -0.3 is 9.64 Å². The van der Waals surface area contributed by atoms with Gasteiger partial charge >= 0.3 is 0 Å². The fourth-order valence-electron chi connectivity index (χ4n) is 4.92. The molecule has 1 amide bonds. The monoisotopic (exact) mass is 421 g/mol. The Balaban J connectivity index is 1.59. The molecule has 0 saturated carbocycles. The first-order chi connectivity index (χ1) is 15.6. The number of methoxy groups -OCH3 is 1. The molecule has 3 heteroatoms. The summed E-state index contributed by atoms with van der Waals surface area (Å²) in [7, 11) is 1.64. The summed E-state index contributed by atoms with van der Waals surface area (Å²) in [6.45, 7) is 2.67. The van der Waals surface area contributed by atoms with Crippen molar-refractivity contribution in [3.8, 4) is 5.75 Å². The first-order valence-electron chi connectivity index (χ1n) is 11.1. The van der Waals surface area contributed by atoms with Gasteiger partial charge in [-0.2, -0.15) is 0 Å². The molecule has 160 valence electrons. The zero-order valence-electron chi connectivity index (χ0n) is 18.5. The van der Waals surface area contributed by atoms with E-state index in [0.29, 0.717) is 17.9 Å². The standard InChI is InChI=1S/C29H27NO2/c1-20-8-7-9-21(16-20)19-30(25-17-23-11-3-4-12-24(23)18-25)29(31)28-26-13-6-5-10-22(26)14-15-27(28)32-2/h3-16,25H,17-19H2,1-2H3. The van der Waals surface area contributed by atoms with Gasteiger partial charge in [-0.1, -0.05) is 84.4 Å². The highest BCUT2D eigenvalue weighted by atomic mass is 16.5. The van der Waals surface area contributed by atoms with Crippen molar-refractivity contribution in [1.82, 2.24) is 4.90 Å². The lowest BCUT2D eigenvalue weighted by Crippen LogP contribution is -2.40. The molecule has 0 aliphatic heterocycles. The van der Waals surface area contributed by atoms with Crippen LogP contribution in [0.5, 0.6) is 5.75 Å². The minimum Gasteiger partial charge on any atom is -0.496 e. The quantitative estimate of drug-likeness (QED) is 0.397. The molecule has 1 aliphatic carbocycles. The third-order valence-electron chi connectivity index (χ3n) is 6.49. The predicted molar refractivity (Wildman–Crippen MR) is 129 cm³/mol. The second kappa shape index (κ2) is 8.51. The lowest BCUT2D eigenvalue weighted by molar-refractivity contribution is 0.0666. The molecule has 3 nitrogen and oxygen atoms in total. The van der Waals surface area contributed by atoms with E-state index in [1.165, 1.54) is 16.7 Å². The number of fused-ring (bicyclic) bond motifs is 2. The zero-order chi connectivity index (χ0) is 22.1. The highest BCUT2D eigenvalue weighted by Crippen LogP contribution is 2.33. The van der Waals surface area contributed by atoms with Gasteiger partial charge in [-0.3, -0.25) is 4.79 Å².